The van der Waals surface area contributed by atoms with Crippen LogP contribution >= 0.6 is 0 Å². The van der Waals surface area contributed by atoms with E-state index in [1.807, 2.05) is 12.1 Å². The monoisotopic (exact) mass is 225 g/mol. The summed E-state index contributed by atoms with van der Waals surface area (Å²) in [6, 6.07) is 7.40. The van der Waals surface area contributed by atoms with E-state index in [2.05, 4.69) is 19.9 Å². The molecule has 1 aromatic carbocycles. The highest BCUT2D eigenvalue weighted by atomic mass is 16.1. The lowest BCUT2D eigenvalue weighted by Crippen LogP contribution is -1.99. The van der Waals surface area contributed by atoms with Crippen molar-refractivity contribution in [3.05, 3.63) is 40.7 Å². The lowest BCUT2D eigenvalue weighted by Gasteiger charge is -1.98. The number of benzene rings is 1. The number of imidazole rings is 2. The molecule has 2 aromatic heterocycles. The minimum Gasteiger partial charge on any atom is -0.343 e. The minimum absolute atomic E-state index is 0.248. The Morgan fingerprint density at radius 1 is 1.24 bits per heavy atom. The van der Waals surface area contributed by atoms with Crippen molar-refractivity contribution in [3.63, 3.8) is 0 Å². The Hall–Kier alpha value is -2.81. The van der Waals surface area contributed by atoms with Crippen LogP contribution in [0.2, 0.25) is 0 Å². The molecule has 0 amide bonds. The smallest absolute Gasteiger partial charge is 0.323 e. The number of hydrogen-bond donors (Lipinski definition) is 3. The van der Waals surface area contributed by atoms with E-state index in [0.717, 1.165) is 11.1 Å². The highest BCUT2D eigenvalue weighted by Gasteiger charge is 2.08. The molecule has 0 unspecified atom stereocenters. The van der Waals surface area contributed by atoms with Crippen LogP contribution in [0.4, 0.5) is 0 Å². The van der Waals surface area contributed by atoms with Crippen molar-refractivity contribution < 1.29 is 0 Å². The maximum atomic E-state index is 11.1. The first-order valence-electron chi connectivity index (χ1n) is 4.94. The number of fused-ring (bicyclic) bond motifs is 1. The van der Waals surface area contributed by atoms with Gasteiger partial charge in [0, 0.05) is 5.56 Å². The fourth-order valence-corrected chi connectivity index (χ4v) is 1.79. The van der Waals surface area contributed by atoms with Crippen molar-refractivity contribution in [1.82, 2.24) is 19.9 Å². The summed E-state index contributed by atoms with van der Waals surface area (Å²) in [7, 11) is 0. The molecule has 3 rings (SSSR count). The number of H-pyrrole nitrogens is 3. The Labute approximate surface area is 94.9 Å². The highest BCUT2D eigenvalue weighted by Crippen LogP contribution is 2.22. The van der Waals surface area contributed by atoms with Gasteiger partial charge in [-0.2, -0.15) is 5.26 Å². The van der Waals surface area contributed by atoms with E-state index in [1.165, 1.54) is 6.33 Å². The third kappa shape index (κ3) is 1.41. The van der Waals surface area contributed by atoms with Crippen LogP contribution < -0.4 is 5.69 Å². The number of hydrogen-bond acceptors (Lipinski definition) is 3. The molecule has 0 fully saturated rings. The van der Waals surface area contributed by atoms with Crippen molar-refractivity contribution in [3.8, 4) is 17.3 Å². The third-order valence-electron chi connectivity index (χ3n) is 2.55. The van der Waals surface area contributed by atoms with E-state index in [4.69, 9.17) is 5.26 Å². The first kappa shape index (κ1) is 9.42. The zero-order valence-electron chi connectivity index (χ0n) is 8.61. The van der Waals surface area contributed by atoms with Gasteiger partial charge in [-0.1, -0.05) is 6.07 Å². The topological polar surface area (TPSA) is 101 Å². The third-order valence-corrected chi connectivity index (χ3v) is 2.55. The van der Waals surface area contributed by atoms with Crippen molar-refractivity contribution in [2.75, 3.05) is 0 Å². The molecule has 0 saturated carbocycles. The van der Waals surface area contributed by atoms with E-state index in [9.17, 15) is 4.79 Å². The Balaban J connectivity index is 2.25. The van der Waals surface area contributed by atoms with Gasteiger partial charge in [0.2, 0.25) is 0 Å². The van der Waals surface area contributed by atoms with Crippen LogP contribution in [0.25, 0.3) is 22.3 Å². The Kier molecular flexibility index (Phi) is 1.86. The normalized spacial score (nSPS) is 10.5. The summed E-state index contributed by atoms with van der Waals surface area (Å²) >= 11 is 0. The summed E-state index contributed by atoms with van der Waals surface area (Å²) in [6.07, 6.45) is 1.47. The summed E-state index contributed by atoms with van der Waals surface area (Å²) in [5, 5.41) is 8.89. The predicted molar refractivity (Wildman–Crippen MR) is 61.2 cm³/mol. The van der Waals surface area contributed by atoms with Crippen LogP contribution in [0, 0.1) is 11.3 Å². The number of nitrogens with zero attached hydrogens (tertiary/aromatic N) is 2. The minimum atomic E-state index is -0.248. The Morgan fingerprint density at radius 2 is 2.06 bits per heavy atom. The van der Waals surface area contributed by atoms with E-state index in [-0.39, 0.29) is 5.69 Å². The molecular formula is C11H7N5O. The first-order valence-corrected chi connectivity index (χ1v) is 4.94. The Morgan fingerprint density at radius 3 is 2.88 bits per heavy atom. The molecule has 0 bridgehead atoms. The average molecular weight is 225 g/mol. The van der Waals surface area contributed by atoms with E-state index >= 15 is 0 Å². The summed E-state index contributed by atoms with van der Waals surface area (Å²) in [4.78, 5) is 23.3. The second-order valence-electron chi connectivity index (χ2n) is 3.58. The van der Waals surface area contributed by atoms with E-state index in [0.29, 0.717) is 16.9 Å². The van der Waals surface area contributed by atoms with Gasteiger partial charge in [-0.3, -0.25) is 0 Å². The van der Waals surface area contributed by atoms with E-state index < -0.39 is 0 Å². The van der Waals surface area contributed by atoms with Gasteiger partial charge in [-0.05, 0) is 12.1 Å². The zero-order chi connectivity index (χ0) is 11.8. The highest BCUT2D eigenvalue weighted by molar-refractivity contribution is 5.81. The zero-order valence-corrected chi connectivity index (χ0v) is 8.61. The largest absolute Gasteiger partial charge is 0.343 e. The molecule has 0 aliphatic carbocycles. The fourth-order valence-electron chi connectivity index (χ4n) is 1.79. The second kappa shape index (κ2) is 3.35. The molecule has 0 atom stereocenters. The van der Waals surface area contributed by atoms with Crippen LogP contribution in [-0.4, -0.2) is 19.9 Å². The number of aromatic amines is 3. The van der Waals surface area contributed by atoms with Crippen LogP contribution in [0.3, 0.4) is 0 Å². The maximum absolute atomic E-state index is 11.1. The van der Waals surface area contributed by atoms with Gasteiger partial charge in [0.15, 0.2) is 5.69 Å². The number of rotatable bonds is 1. The first-order chi connectivity index (χ1) is 8.28. The average Bonchev–Trinajstić information content (AvgIpc) is 2.91. The van der Waals surface area contributed by atoms with Crippen molar-refractivity contribution >= 4 is 11.0 Å². The van der Waals surface area contributed by atoms with Gasteiger partial charge in [0.25, 0.3) is 0 Å². The SMILES string of the molecule is N#Cc1nc[nH]c1-c1ccc2[nH]c(=O)[nH]c2c1. The van der Waals surface area contributed by atoms with Crippen LogP contribution in [0.1, 0.15) is 5.69 Å². The second-order valence-corrected chi connectivity index (χ2v) is 3.58. The molecule has 0 radical (unpaired) electrons. The predicted octanol–water partition coefficient (Wildman–Crippen LogP) is 1.12. The number of aromatic nitrogens is 4. The molecule has 3 N–H and O–H groups in total. The van der Waals surface area contributed by atoms with Gasteiger partial charge < -0.3 is 15.0 Å². The van der Waals surface area contributed by atoms with Gasteiger partial charge in [0.05, 0.1) is 23.1 Å². The molecule has 0 aliphatic heterocycles. The molecule has 6 heteroatoms. The molecule has 82 valence electrons. The summed E-state index contributed by atoms with van der Waals surface area (Å²) < 4.78 is 0. The van der Waals surface area contributed by atoms with Gasteiger partial charge in [-0.15, -0.1) is 0 Å². The molecule has 0 saturated heterocycles. The van der Waals surface area contributed by atoms with Gasteiger partial charge in [0.1, 0.15) is 6.07 Å². The molecule has 3 aromatic rings. The molecule has 6 nitrogen and oxygen atoms in total. The molecule has 0 spiro atoms. The molecule has 2 heterocycles. The lowest BCUT2D eigenvalue weighted by atomic mass is 10.1. The summed E-state index contributed by atoms with van der Waals surface area (Å²) in [5.41, 5.74) is 2.98. The van der Waals surface area contributed by atoms with Crippen molar-refractivity contribution in [2.45, 2.75) is 0 Å². The maximum Gasteiger partial charge on any atom is 0.323 e. The Bertz CT molecular complexity index is 786. The quantitative estimate of drug-likeness (QED) is 0.578. The van der Waals surface area contributed by atoms with Crippen LogP contribution in [0.15, 0.2) is 29.3 Å². The molecular weight excluding hydrogens is 218 g/mol. The van der Waals surface area contributed by atoms with Crippen LogP contribution in [0.5, 0.6) is 0 Å². The van der Waals surface area contributed by atoms with Gasteiger partial charge in [-0.25, -0.2) is 9.78 Å². The fraction of sp³-hybridized carbons (Fsp3) is 0. The van der Waals surface area contributed by atoms with Crippen molar-refractivity contribution in [2.24, 2.45) is 0 Å². The summed E-state index contributed by atoms with van der Waals surface area (Å²) in [5.74, 6) is 0. The standard InChI is InChI=1S/C11H7N5O/c12-4-9-10(14-5-13-9)6-1-2-7-8(3-6)16-11(17)15-7/h1-3,5H,(H,13,14)(H2,15,16,17). The molecule has 17 heavy (non-hydrogen) atoms. The summed E-state index contributed by atoms with van der Waals surface area (Å²) in [6.45, 7) is 0. The van der Waals surface area contributed by atoms with Gasteiger partial charge >= 0.3 is 5.69 Å². The lowest BCUT2D eigenvalue weighted by molar-refractivity contribution is 1.21. The number of nitrogens with one attached hydrogen (secondary N) is 3. The number of nitriles is 1. The molecule has 0 aliphatic rings. The van der Waals surface area contributed by atoms with Crippen molar-refractivity contribution in [1.29, 1.82) is 5.26 Å². The van der Waals surface area contributed by atoms with E-state index in [1.54, 1.807) is 12.1 Å². The van der Waals surface area contributed by atoms with Crippen LogP contribution in [-0.2, 0) is 0 Å².